The number of likely N-dealkylation sites (tertiary alicyclic amines) is 1. The minimum atomic E-state index is -0.437. The number of hydrogen-bond acceptors (Lipinski definition) is 4. The van der Waals surface area contributed by atoms with Gasteiger partial charge >= 0.3 is 6.09 Å². The number of aromatic nitrogens is 2. The third-order valence-electron chi connectivity index (χ3n) is 3.35. The van der Waals surface area contributed by atoms with Gasteiger partial charge in [-0.25, -0.2) is 9.78 Å². The zero-order chi connectivity index (χ0) is 13.0. The third kappa shape index (κ3) is 1.63. The number of anilines is 1. The highest BCUT2D eigenvalue weighted by molar-refractivity contribution is 5.70. The number of nitrogens with zero attached hydrogens (tertiary/aromatic N) is 3. The fraction of sp³-hybridized carbons (Fsp3) is 0.667. The van der Waals surface area contributed by atoms with Gasteiger partial charge in [0.1, 0.15) is 5.60 Å². The lowest BCUT2D eigenvalue weighted by Gasteiger charge is -2.47. The molecule has 1 aromatic heterocycles. The van der Waals surface area contributed by atoms with Crippen molar-refractivity contribution in [3.05, 3.63) is 12.4 Å². The molecule has 1 saturated heterocycles. The number of nitrogens with one attached hydrogen (secondary N) is 1. The lowest BCUT2D eigenvalue weighted by Crippen LogP contribution is -2.65. The number of fused-ring (bicyclic) bond motifs is 2. The van der Waals surface area contributed by atoms with Gasteiger partial charge in [-0.05, 0) is 20.8 Å². The first kappa shape index (κ1) is 11.4. The van der Waals surface area contributed by atoms with Gasteiger partial charge in [0.25, 0.3) is 0 Å². The highest BCUT2D eigenvalue weighted by Gasteiger charge is 2.51. The van der Waals surface area contributed by atoms with Crippen LogP contribution in [0.1, 0.15) is 20.8 Å². The maximum absolute atomic E-state index is 11.9. The zero-order valence-corrected chi connectivity index (χ0v) is 10.9. The standard InChI is InChI=1S/C12H18N4O2/c1-11(2,3)18-10(17)15-7-12(8-15)6-14-9-13-4-5-16(9)12/h4-5H,6-8H2,1-3H3,(H,13,14). The van der Waals surface area contributed by atoms with E-state index in [1.54, 1.807) is 11.1 Å². The maximum Gasteiger partial charge on any atom is 0.410 e. The van der Waals surface area contributed by atoms with Crippen molar-refractivity contribution in [2.24, 2.45) is 0 Å². The van der Waals surface area contributed by atoms with Crippen molar-refractivity contribution in [1.29, 1.82) is 0 Å². The molecule has 0 atom stereocenters. The van der Waals surface area contributed by atoms with Crippen molar-refractivity contribution < 1.29 is 9.53 Å². The van der Waals surface area contributed by atoms with Crippen LogP contribution in [0.4, 0.5) is 10.7 Å². The Morgan fingerprint density at radius 2 is 2.22 bits per heavy atom. The van der Waals surface area contributed by atoms with Crippen LogP contribution < -0.4 is 5.32 Å². The van der Waals surface area contributed by atoms with Gasteiger partial charge in [-0.2, -0.15) is 0 Å². The van der Waals surface area contributed by atoms with Gasteiger partial charge in [0.15, 0.2) is 0 Å². The summed E-state index contributed by atoms with van der Waals surface area (Å²) < 4.78 is 7.47. The molecule has 6 nitrogen and oxygen atoms in total. The van der Waals surface area contributed by atoms with Crippen LogP contribution in [0, 0.1) is 0 Å². The van der Waals surface area contributed by atoms with Crippen molar-refractivity contribution in [3.8, 4) is 0 Å². The van der Waals surface area contributed by atoms with Gasteiger partial charge in [-0.15, -0.1) is 0 Å². The second kappa shape index (κ2) is 3.40. The molecule has 0 aliphatic carbocycles. The molecule has 98 valence electrons. The molecule has 3 heterocycles. The summed E-state index contributed by atoms with van der Waals surface area (Å²) >= 11 is 0. The van der Waals surface area contributed by atoms with Gasteiger partial charge in [0.2, 0.25) is 5.95 Å². The minimum absolute atomic E-state index is 0.0251. The monoisotopic (exact) mass is 250 g/mol. The first-order valence-electron chi connectivity index (χ1n) is 6.15. The van der Waals surface area contributed by atoms with Crippen LogP contribution in [0.25, 0.3) is 0 Å². The van der Waals surface area contributed by atoms with E-state index in [0.29, 0.717) is 13.1 Å². The highest BCUT2D eigenvalue weighted by atomic mass is 16.6. The van der Waals surface area contributed by atoms with Crippen LogP contribution in [-0.4, -0.2) is 45.8 Å². The summed E-state index contributed by atoms with van der Waals surface area (Å²) in [5.74, 6) is 0.888. The SMILES string of the molecule is CC(C)(C)OC(=O)N1CC2(CNc3nccn32)C1. The third-order valence-corrected chi connectivity index (χ3v) is 3.35. The van der Waals surface area contributed by atoms with Crippen LogP contribution in [0.5, 0.6) is 0 Å². The Balaban J connectivity index is 1.66. The predicted octanol–water partition coefficient (Wildman–Crippen LogP) is 1.25. The molecule has 1 N–H and O–H groups in total. The fourth-order valence-electron chi connectivity index (χ4n) is 2.53. The molecule has 0 unspecified atom stereocenters. The molecule has 0 aromatic carbocycles. The Morgan fingerprint density at radius 1 is 1.50 bits per heavy atom. The second-order valence-corrected chi connectivity index (χ2v) is 6.04. The molecule has 2 aliphatic heterocycles. The fourth-order valence-corrected chi connectivity index (χ4v) is 2.53. The molecule has 1 aromatic rings. The van der Waals surface area contributed by atoms with Crippen molar-refractivity contribution in [1.82, 2.24) is 14.5 Å². The Kier molecular flexibility index (Phi) is 2.15. The molecule has 3 rings (SSSR count). The summed E-state index contributed by atoms with van der Waals surface area (Å²) in [7, 11) is 0. The van der Waals surface area contributed by atoms with Crippen molar-refractivity contribution >= 4 is 12.0 Å². The summed E-state index contributed by atoms with van der Waals surface area (Å²) in [6.45, 7) is 7.83. The highest BCUT2D eigenvalue weighted by Crippen LogP contribution is 2.36. The Labute approximate surface area is 106 Å². The largest absolute Gasteiger partial charge is 0.444 e. The number of carbonyl (C=O) groups excluding carboxylic acids is 1. The molecule has 6 heteroatoms. The molecule has 2 aliphatic rings. The quantitative estimate of drug-likeness (QED) is 0.753. The van der Waals surface area contributed by atoms with Gasteiger partial charge in [0.05, 0.1) is 18.6 Å². The van der Waals surface area contributed by atoms with Crippen LogP contribution in [0.2, 0.25) is 0 Å². The van der Waals surface area contributed by atoms with Gasteiger partial charge in [0, 0.05) is 18.9 Å². The van der Waals surface area contributed by atoms with Crippen LogP contribution in [-0.2, 0) is 10.3 Å². The van der Waals surface area contributed by atoms with Crippen molar-refractivity contribution in [2.75, 3.05) is 25.0 Å². The van der Waals surface area contributed by atoms with E-state index >= 15 is 0 Å². The molecule has 1 spiro atoms. The number of carbonyl (C=O) groups is 1. The van der Waals surface area contributed by atoms with Gasteiger partial charge in [-0.1, -0.05) is 0 Å². The van der Waals surface area contributed by atoms with Crippen LogP contribution in [0.15, 0.2) is 12.4 Å². The smallest absolute Gasteiger partial charge is 0.410 e. The number of ether oxygens (including phenoxy) is 1. The van der Waals surface area contributed by atoms with E-state index in [2.05, 4.69) is 14.9 Å². The molecular weight excluding hydrogens is 232 g/mol. The zero-order valence-electron chi connectivity index (χ0n) is 10.9. The summed E-state index contributed by atoms with van der Waals surface area (Å²) in [5, 5.41) is 3.25. The van der Waals surface area contributed by atoms with E-state index in [4.69, 9.17) is 4.74 Å². The van der Waals surface area contributed by atoms with Crippen LogP contribution in [0.3, 0.4) is 0 Å². The summed E-state index contributed by atoms with van der Waals surface area (Å²) in [5.41, 5.74) is -0.462. The molecule has 18 heavy (non-hydrogen) atoms. The first-order valence-corrected chi connectivity index (χ1v) is 6.15. The van der Waals surface area contributed by atoms with E-state index in [9.17, 15) is 4.79 Å². The second-order valence-electron chi connectivity index (χ2n) is 6.04. The molecule has 0 saturated carbocycles. The first-order chi connectivity index (χ1) is 8.40. The number of rotatable bonds is 0. The molecule has 1 fully saturated rings. The molecule has 1 amide bonds. The lowest BCUT2D eigenvalue weighted by molar-refractivity contribution is -0.0211. The van der Waals surface area contributed by atoms with E-state index in [0.717, 1.165) is 12.5 Å². The average Bonchev–Trinajstić information content (AvgIpc) is 2.70. The number of amides is 1. The van der Waals surface area contributed by atoms with E-state index in [-0.39, 0.29) is 11.6 Å². The molecule has 0 bridgehead atoms. The van der Waals surface area contributed by atoms with E-state index < -0.39 is 5.60 Å². The van der Waals surface area contributed by atoms with E-state index in [1.165, 1.54) is 0 Å². The van der Waals surface area contributed by atoms with Crippen molar-refractivity contribution in [3.63, 3.8) is 0 Å². The summed E-state index contributed by atoms with van der Waals surface area (Å²) in [6.07, 6.45) is 3.50. The Hall–Kier alpha value is -1.72. The predicted molar refractivity (Wildman–Crippen MR) is 66.5 cm³/mol. The minimum Gasteiger partial charge on any atom is -0.444 e. The lowest BCUT2D eigenvalue weighted by atomic mass is 9.91. The number of hydrogen-bond donors (Lipinski definition) is 1. The van der Waals surface area contributed by atoms with Crippen LogP contribution >= 0.6 is 0 Å². The summed E-state index contributed by atoms with van der Waals surface area (Å²) in [6, 6.07) is 0. The number of imidazole rings is 1. The summed E-state index contributed by atoms with van der Waals surface area (Å²) in [4.78, 5) is 17.8. The van der Waals surface area contributed by atoms with Gasteiger partial charge in [-0.3, -0.25) is 0 Å². The van der Waals surface area contributed by atoms with E-state index in [1.807, 2.05) is 27.0 Å². The Bertz CT molecular complexity index is 483. The van der Waals surface area contributed by atoms with Crippen molar-refractivity contribution in [2.45, 2.75) is 31.9 Å². The Morgan fingerprint density at radius 3 is 2.89 bits per heavy atom. The molecule has 0 radical (unpaired) electrons. The average molecular weight is 250 g/mol. The van der Waals surface area contributed by atoms with Gasteiger partial charge < -0.3 is 19.5 Å². The topological polar surface area (TPSA) is 59.4 Å². The normalized spacial score (nSPS) is 20.3. The maximum atomic E-state index is 11.9. The molecular formula is C12H18N4O2.